The highest BCUT2D eigenvalue weighted by atomic mass is 32.2. The maximum Gasteiger partial charge on any atom is 0.432 e. The second kappa shape index (κ2) is 14.1. The second-order valence-corrected chi connectivity index (χ2v) is 9.30. The minimum Gasteiger partial charge on any atom is -0.467 e. The average Bonchev–Trinajstić information content (AvgIpc) is 2.85. The lowest BCUT2D eigenvalue weighted by molar-refractivity contribution is -0.279. The van der Waals surface area contributed by atoms with Crippen LogP contribution in [-0.4, -0.2) is 74.3 Å². The first kappa shape index (κ1) is 32.9. The third-order valence-electron chi connectivity index (χ3n) is 5.41. The average molecular weight is 566 g/mol. The first-order valence-corrected chi connectivity index (χ1v) is 12.1. The molecule has 212 valence electrons. The summed E-state index contributed by atoms with van der Waals surface area (Å²) in [5.74, 6) is -7.27. The molecule has 0 fully saturated rings. The Bertz CT molecular complexity index is 1000. The fourth-order valence-corrected chi connectivity index (χ4v) is 4.67. The van der Waals surface area contributed by atoms with Gasteiger partial charge in [-0.25, -0.2) is 14.4 Å². The molecule has 1 aromatic rings. The molecule has 0 spiro atoms. The van der Waals surface area contributed by atoms with Crippen molar-refractivity contribution in [1.29, 1.82) is 0 Å². The summed E-state index contributed by atoms with van der Waals surface area (Å²) >= 11 is 0.498. The molecule has 1 rings (SSSR count). The van der Waals surface area contributed by atoms with Crippen LogP contribution in [0.4, 0.5) is 13.2 Å². The van der Waals surface area contributed by atoms with Crippen molar-refractivity contribution in [1.82, 2.24) is 5.32 Å². The van der Waals surface area contributed by atoms with E-state index in [1.807, 2.05) is 0 Å². The Hall–Kier alpha value is -3.13. The number of ether oxygens (including phenoxy) is 4. The molecule has 0 radical (unpaired) electrons. The van der Waals surface area contributed by atoms with Gasteiger partial charge in [-0.15, -0.1) is 0 Å². The van der Waals surface area contributed by atoms with Crippen molar-refractivity contribution in [2.75, 3.05) is 27.1 Å². The second-order valence-electron chi connectivity index (χ2n) is 8.27. The van der Waals surface area contributed by atoms with Gasteiger partial charge in [0.05, 0.1) is 20.1 Å². The number of carbonyl (C=O) groups is 5. The van der Waals surface area contributed by atoms with Gasteiger partial charge in [-0.1, -0.05) is 55.9 Å². The van der Waals surface area contributed by atoms with Crippen molar-refractivity contribution in [3.8, 4) is 0 Å². The Labute approximate surface area is 221 Å². The van der Waals surface area contributed by atoms with E-state index < -0.39 is 70.3 Å². The Balaban J connectivity index is 3.42. The highest BCUT2D eigenvalue weighted by Crippen LogP contribution is 2.43. The maximum atomic E-state index is 14.3. The third-order valence-corrected chi connectivity index (χ3v) is 6.47. The van der Waals surface area contributed by atoms with E-state index in [1.165, 1.54) is 32.0 Å². The number of alkyl halides is 3. The molecular weight excluding hydrogens is 535 g/mol. The zero-order valence-electron chi connectivity index (χ0n) is 21.6. The molecule has 0 aliphatic carbocycles. The summed E-state index contributed by atoms with van der Waals surface area (Å²) in [6.45, 7) is 4.09. The Morgan fingerprint density at radius 1 is 0.947 bits per heavy atom. The van der Waals surface area contributed by atoms with Crippen LogP contribution in [0.15, 0.2) is 30.3 Å². The maximum absolute atomic E-state index is 14.3. The summed E-state index contributed by atoms with van der Waals surface area (Å²) in [5, 5.41) is 1.50. The van der Waals surface area contributed by atoms with Crippen molar-refractivity contribution >= 4 is 40.7 Å². The Morgan fingerprint density at radius 3 is 1.92 bits per heavy atom. The summed E-state index contributed by atoms with van der Waals surface area (Å²) in [6.07, 6.45) is -7.41. The summed E-state index contributed by atoms with van der Waals surface area (Å²) in [5.41, 5.74) is -4.22. The number of halogens is 3. The molecule has 1 amide bonds. The largest absolute Gasteiger partial charge is 0.467 e. The molecule has 0 aliphatic rings. The monoisotopic (exact) mass is 565 g/mol. The van der Waals surface area contributed by atoms with Gasteiger partial charge in [0.25, 0.3) is 5.60 Å². The highest BCUT2D eigenvalue weighted by Gasteiger charge is 2.65. The summed E-state index contributed by atoms with van der Waals surface area (Å²) in [4.78, 5) is 62.3. The summed E-state index contributed by atoms with van der Waals surface area (Å²) < 4.78 is 61.9. The first-order chi connectivity index (χ1) is 17.7. The predicted octanol–water partition coefficient (Wildman–Crippen LogP) is 2.39. The van der Waals surface area contributed by atoms with Gasteiger partial charge in [0.1, 0.15) is 6.04 Å². The van der Waals surface area contributed by atoms with Gasteiger partial charge >= 0.3 is 24.1 Å². The molecule has 0 saturated heterocycles. The summed E-state index contributed by atoms with van der Waals surface area (Å²) in [7, 11) is 2.64. The molecule has 0 bridgehead atoms. The number of amides is 1. The number of carbonyl (C=O) groups excluding carboxylic acids is 5. The molecule has 1 aromatic carbocycles. The molecular formula is C24H30F3NO9S. The van der Waals surface area contributed by atoms with Crippen LogP contribution in [0, 0.1) is 11.8 Å². The Kier molecular flexibility index (Phi) is 12.2. The van der Waals surface area contributed by atoms with Crippen LogP contribution in [0.3, 0.4) is 0 Å². The van der Waals surface area contributed by atoms with Gasteiger partial charge in [-0.3, -0.25) is 9.59 Å². The van der Waals surface area contributed by atoms with E-state index in [1.54, 1.807) is 0 Å². The van der Waals surface area contributed by atoms with Crippen LogP contribution in [0.25, 0.3) is 0 Å². The van der Waals surface area contributed by atoms with E-state index in [-0.39, 0.29) is 5.75 Å². The van der Waals surface area contributed by atoms with Gasteiger partial charge < -0.3 is 24.3 Å². The van der Waals surface area contributed by atoms with Crippen LogP contribution in [0.1, 0.15) is 26.3 Å². The van der Waals surface area contributed by atoms with Crippen molar-refractivity contribution in [3.63, 3.8) is 0 Å². The molecule has 1 N–H and O–H groups in total. The van der Waals surface area contributed by atoms with E-state index in [4.69, 9.17) is 4.74 Å². The number of esters is 3. The number of methoxy groups -OCH3 is 3. The number of benzene rings is 1. The lowest BCUT2D eigenvalue weighted by Crippen LogP contribution is -2.54. The molecule has 0 unspecified atom stereocenters. The van der Waals surface area contributed by atoms with E-state index in [0.29, 0.717) is 18.9 Å². The predicted molar refractivity (Wildman–Crippen MR) is 128 cm³/mol. The Morgan fingerprint density at radius 2 is 1.50 bits per heavy atom. The molecule has 14 heteroatoms. The molecule has 38 heavy (non-hydrogen) atoms. The molecule has 0 aromatic heterocycles. The molecule has 0 aliphatic heterocycles. The zero-order chi connectivity index (χ0) is 29.3. The number of hydrogen-bond donors (Lipinski definition) is 1. The highest BCUT2D eigenvalue weighted by molar-refractivity contribution is 8.13. The smallest absolute Gasteiger partial charge is 0.432 e. The lowest BCUT2D eigenvalue weighted by atomic mass is 9.90. The van der Waals surface area contributed by atoms with Gasteiger partial charge in [0, 0.05) is 25.3 Å². The van der Waals surface area contributed by atoms with Gasteiger partial charge in [-0.2, -0.15) is 13.2 Å². The van der Waals surface area contributed by atoms with E-state index >= 15 is 0 Å². The van der Waals surface area contributed by atoms with Crippen molar-refractivity contribution < 1.29 is 56.1 Å². The van der Waals surface area contributed by atoms with Crippen LogP contribution >= 0.6 is 11.8 Å². The summed E-state index contributed by atoms with van der Waals surface area (Å²) in [6, 6.07) is 4.70. The van der Waals surface area contributed by atoms with Crippen molar-refractivity contribution in [2.45, 2.75) is 44.7 Å². The topological polar surface area (TPSA) is 134 Å². The molecule has 10 nitrogen and oxygen atoms in total. The van der Waals surface area contributed by atoms with E-state index in [0.717, 1.165) is 33.3 Å². The zero-order valence-corrected chi connectivity index (χ0v) is 22.4. The normalized spacial score (nSPS) is 15.4. The fourth-order valence-electron chi connectivity index (χ4n) is 3.53. The molecule has 0 saturated carbocycles. The van der Waals surface area contributed by atoms with Gasteiger partial charge in [0.2, 0.25) is 12.0 Å². The number of rotatable bonds is 12. The van der Waals surface area contributed by atoms with Gasteiger partial charge in [-0.05, 0) is 5.92 Å². The number of nitrogens with one attached hydrogen (secondary N) is 1. The quantitative estimate of drug-likeness (QED) is 0.297. The number of hydrogen-bond acceptors (Lipinski definition) is 10. The lowest BCUT2D eigenvalue weighted by Gasteiger charge is -2.35. The fraction of sp³-hybridized carbons (Fsp3) is 0.542. The standard InChI is InChI=1S/C24H30F3NO9S/c1-13(2)17(21(32)38-12-16(19(30)34-4)28-14(3)29)18(20(31)35-5)37-22(33)23(36-6,24(25,26)27)15-10-8-7-9-11-15/h7-11,13,16-18H,12H2,1-6H3,(H,28,29)/t16-,17-,18+,23+/m0/s1. The third kappa shape index (κ3) is 7.69. The molecule has 0 heterocycles. The van der Waals surface area contributed by atoms with E-state index in [2.05, 4.69) is 19.5 Å². The van der Waals surface area contributed by atoms with E-state index in [9.17, 15) is 37.1 Å². The molecule has 4 atom stereocenters. The van der Waals surface area contributed by atoms with Crippen LogP contribution in [0.2, 0.25) is 0 Å². The van der Waals surface area contributed by atoms with Crippen LogP contribution < -0.4 is 5.32 Å². The van der Waals surface area contributed by atoms with Gasteiger partial charge in [0.15, 0.2) is 5.12 Å². The minimum absolute atomic E-state index is 0.329. The first-order valence-electron chi connectivity index (χ1n) is 11.2. The van der Waals surface area contributed by atoms with Crippen LogP contribution in [-0.2, 0) is 48.5 Å². The van der Waals surface area contributed by atoms with Crippen molar-refractivity contribution in [3.05, 3.63) is 35.9 Å². The number of thioether (sulfide) groups is 1. The SMILES string of the molecule is COC(=O)[C@H](CSC(=O)[C@@H](C(C)C)[C@@H](OC(=O)[C@](OC)(c1ccccc1)C(F)(F)F)C(=O)OC)NC(C)=O. The van der Waals surface area contributed by atoms with Crippen molar-refractivity contribution in [2.24, 2.45) is 11.8 Å². The van der Waals surface area contributed by atoms with Crippen LogP contribution in [0.5, 0.6) is 0 Å². The minimum atomic E-state index is -5.32.